The van der Waals surface area contributed by atoms with Gasteiger partial charge in [-0.15, -0.1) is 5.10 Å². The second-order valence-electron chi connectivity index (χ2n) is 6.09. The molecule has 3 heterocycles. The van der Waals surface area contributed by atoms with E-state index in [-0.39, 0.29) is 17.8 Å². The fraction of sp³-hybridized carbons (Fsp3) is 0.692. The molecule has 0 radical (unpaired) electrons. The second kappa shape index (κ2) is 5.01. The van der Waals surface area contributed by atoms with Crippen molar-refractivity contribution in [2.75, 3.05) is 26.2 Å². The Bertz CT molecular complexity index is 556. The summed E-state index contributed by atoms with van der Waals surface area (Å²) in [6.07, 6.45) is 1.41. The molecule has 8 nitrogen and oxygen atoms in total. The number of urea groups is 1. The average molecular weight is 293 g/mol. The third-order valence-electron chi connectivity index (χ3n) is 4.49. The van der Waals surface area contributed by atoms with Gasteiger partial charge in [0.05, 0.1) is 12.2 Å². The molecule has 2 aliphatic heterocycles. The largest absolute Gasteiger partial charge is 0.476 e. The predicted octanol–water partition coefficient (Wildman–Crippen LogP) is 0.541. The molecule has 0 saturated carbocycles. The van der Waals surface area contributed by atoms with Crippen molar-refractivity contribution in [2.45, 2.75) is 19.9 Å². The lowest BCUT2D eigenvalue weighted by atomic mass is 10.0. The molecule has 2 fully saturated rings. The van der Waals surface area contributed by atoms with Gasteiger partial charge < -0.3 is 14.9 Å². The van der Waals surface area contributed by atoms with Crippen LogP contribution < -0.4 is 0 Å². The predicted molar refractivity (Wildman–Crippen MR) is 72.9 cm³/mol. The number of amides is 2. The van der Waals surface area contributed by atoms with Crippen LogP contribution in [0.25, 0.3) is 0 Å². The van der Waals surface area contributed by atoms with E-state index in [1.807, 2.05) is 4.90 Å². The number of carboxylic acid groups (broad SMARTS) is 1. The number of nitrogens with zero attached hydrogens (tertiary/aromatic N) is 5. The molecule has 21 heavy (non-hydrogen) atoms. The van der Waals surface area contributed by atoms with E-state index < -0.39 is 5.97 Å². The van der Waals surface area contributed by atoms with Gasteiger partial charge in [-0.3, -0.25) is 0 Å². The summed E-state index contributed by atoms with van der Waals surface area (Å²) in [7, 11) is 0. The Balaban J connectivity index is 1.55. The molecule has 0 bridgehead atoms. The van der Waals surface area contributed by atoms with Crippen LogP contribution in [0.15, 0.2) is 6.20 Å². The van der Waals surface area contributed by atoms with E-state index in [2.05, 4.69) is 24.2 Å². The minimum absolute atomic E-state index is 0.0204. The molecular formula is C13H19N5O3. The van der Waals surface area contributed by atoms with E-state index in [0.29, 0.717) is 24.9 Å². The third-order valence-corrected chi connectivity index (χ3v) is 4.49. The molecule has 0 aromatic carbocycles. The van der Waals surface area contributed by atoms with Crippen molar-refractivity contribution in [1.82, 2.24) is 24.8 Å². The van der Waals surface area contributed by atoms with Crippen LogP contribution >= 0.6 is 0 Å². The van der Waals surface area contributed by atoms with Crippen molar-refractivity contribution in [3.05, 3.63) is 11.9 Å². The standard InChI is InChI=1S/C13H19N5O3/c1-8-3-16(4-9(8)2)13(21)17-5-10(6-17)18-7-11(12(19)20)14-15-18/h7-10H,3-6H2,1-2H3,(H,19,20). The normalized spacial score (nSPS) is 26.0. The number of rotatable bonds is 2. The zero-order chi connectivity index (χ0) is 15.1. The summed E-state index contributed by atoms with van der Waals surface area (Å²) in [5.74, 6) is -0.00697. The molecule has 2 saturated heterocycles. The summed E-state index contributed by atoms with van der Waals surface area (Å²) in [4.78, 5) is 26.8. The first-order valence-corrected chi connectivity index (χ1v) is 7.14. The maximum atomic E-state index is 12.3. The molecule has 1 aromatic rings. The zero-order valence-corrected chi connectivity index (χ0v) is 12.1. The van der Waals surface area contributed by atoms with Gasteiger partial charge in [0.2, 0.25) is 0 Å². The van der Waals surface area contributed by atoms with Crippen molar-refractivity contribution in [3.8, 4) is 0 Å². The van der Waals surface area contributed by atoms with E-state index in [1.165, 1.54) is 10.9 Å². The number of carbonyl (C=O) groups is 2. The maximum Gasteiger partial charge on any atom is 0.358 e. The van der Waals surface area contributed by atoms with Crippen molar-refractivity contribution in [1.29, 1.82) is 0 Å². The molecule has 2 atom stereocenters. The van der Waals surface area contributed by atoms with Crippen LogP contribution in [-0.4, -0.2) is 68.1 Å². The zero-order valence-electron chi connectivity index (χ0n) is 12.1. The second-order valence-corrected chi connectivity index (χ2v) is 6.09. The van der Waals surface area contributed by atoms with Crippen molar-refractivity contribution < 1.29 is 14.7 Å². The Morgan fingerprint density at radius 3 is 2.24 bits per heavy atom. The summed E-state index contributed by atoms with van der Waals surface area (Å²) in [5.41, 5.74) is -0.0676. The number of hydrogen-bond acceptors (Lipinski definition) is 4. The van der Waals surface area contributed by atoms with Gasteiger partial charge in [0, 0.05) is 26.2 Å². The van der Waals surface area contributed by atoms with Crippen LogP contribution in [0.3, 0.4) is 0 Å². The van der Waals surface area contributed by atoms with E-state index in [9.17, 15) is 9.59 Å². The fourth-order valence-electron chi connectivity index (χ4n) is 2.82. The van der Waals surface area contributed by atoms with Gasteiger partial charge in [0.1, 0.15) is 0 Å². The summed E-state index contributed by atoms with van der Waals surface area (Å²) in [6.45, 7) is 7.07. The first-order chi connectivity index (χ1) is 9.95. The molecule has 2 aliphatic rings. The van der Waals surface area contributed by atoms with Crippen LogP contribution in [0, 0.1) is 11.8 Å². The number of carbonyl (C=O) groups excluding carboxylic acids is 1. The van der Waals surface area contributed by atoms with Crippen LogP contribution in [-0.2, 0) is 0 Å². The van der Waals surface area contributed by atoms with Crippen molar-refractivity contribution in [3.63, 3.8) is 0 Å². The highest BCUT2D eigenvalue weighted by molar-refractivity contribution is 5.84. The average Bonchev–Trinajstić information content (AvgIpc) is 2.96. The molecule has 3 rings (SSSR count). The van der Waals surface area contributed by atoms with Gasteiger partial charge in [0.25, 0.3) is 0 Å². The SMILES string of the molecule is CC1CN(C(=O)N2CC(n3cc(C(=O)O)nn3)C2)CC1C. The Kier molecular flexibility index (Phi) is 3.30. The molecule has 1 N–H and O–H groups in total. The van der Waals surface area contributed by atoms with Gasteiger partial charge in [-0.2, -0.15) is 0 Å². The van der Waals surface area contributed by atoms with Crippen LogP contribution in [0.1, 0.15) is 30.4 Å². The Hall–Kier alpha value is -2.12. The quantitative estimate of drug-likeness (QED) is 0.859. The Labute approximate surface area is 122 Å². The molecule has 8 heteroatoms. The topological polar surface area (TPSA) is 91.6 Å². The van der Waals surface area contributed by atoms with E-state index in [1.54, 1.807) is 4.90 Å². The van der Waals surface area contributed by atoms with E-state index in [4.69, 9.17) is 5.11 Å². The summed E-state index contributed by atoms with van der Waals surface area (Å²) in [5, 5.41) is 16.2. The minimum atomic E-state index is -1.09. The van der Waals surface area contributed by atoms with Crippen molar-refractivity contribution in [2.24, 2.45) is 11.8 Å². The fourth-order valence-corrected chi connectivity index (χ4v) is 2.82. The molecule has 0 aliphatic carbocycles. The molecule has 0 spiro atoms. The highest BCUT2D eigenvalue weighted by Gasteiger charge is 2.38. The maximum absolute atomic E-state index is 12.3. The molecule has 114 valence electrons. The smallest absolute Gasteiger partial charge is 0.358 e. The van der Waals surface area contributed by atoms with Crippen LogP contribution in [0.5, 0.6) is 0 Å². The van der Waals surface area contributed by atoms with E-state index in [0.717, 1.165) is 13.1 Å². The first-order valence-electron chi connectivity index (χ1n) is 7.14. The lowest BCUT2D eigenvalue weighted by Crippen LogP contribution is -2.55. The summed E-state index contributed by atoms with van der Waals surface area (Å²) >= 11 is 0. The number of hydrogen-bond donors (Lipinski definition) is 1. The van der Waals surface area contributed by atoms with Gasteiger partial charge in [-0.1, -0.05) is 19.1 Å². The van der Waals surface area contributed by atoms with E-state index >= 15 is 0 Å². The number of carboxylic acids is 1. The third kappa shape index (κ3) is 2.45. The monoisotopic (exact) mass is 293 g/mol. The molecule has 2 amide bonds. The first kappa shape index (κ1) is 13.8. The number of likely N-dealkylation sites (tertiary alicyclic amines) is 2. The highest BCUT2D eigenvalue weighted by Crippen LogP contribution is 2.27. The Morgan fingerprint density at radius 2 is 1.71 bits per heavy atom. The summed E-state index contributed by atoms with van der Waals surface area (Å²) in [6, 6.07) is 0.0908. The van der Waals surface area contributed by atoms with Crippen LogP contribution in [0.4, 0.5) is 4.79 Å². The van der Waals surface area contributed by atoms with Gasteiger partial charge in [-0.25, -0.2) is 14.3 Å². The van der Waals surface area contributed by atoms with Crippen LogP contribution in [0.2, 0.25) is 0 Å². The van der Waals surface area contributed by atoms with Gasteiger partial charge in [0.15, 0.2) is 5.69 Å². The van der Waals surface area contributed by atoms with Gasteiger partial charge in [-0.05, 0) is 11.8 Å². The molecule has 1 aromatic heterocycles. The lowest BCUT2D eigenvalue weighted by molar-refractivity contribution is 0.0689. The lowest BCUT2D eigenvalue weighted by Gasteiger charge is -2.40. The summed E-state index contributed by atoms with van der Waals surface area (Å²) < 4.78 is 1.53. The minimum Gasteiger partial charge on any atom is -0.476 e. The molecular weight excluding hydrogens is 274 g/mol. The van der Waals surface area contributed by atoms with Gasteiger partial charge >= 0.3 is 12.0 Å². The highest BCUT2D eigenvalue weighted by atomic mass is 16.4. The number of aromatic carboxylic acids is 1. The van der Waals surface area contributed by atoms with Crippen molar-refractivity contribution >= 4 is 12.0 Å². The Morgan fingerprint density at radius 1 is 1.14 bits per heavy atom. The molecule has 2 unspecified atom stereocenters. The number of aromatic nitrogens is 3.